The van der Waals surface area contributed by atoms with Gasteiger partial charge in [-0.15, -0.1) is 11.3 Å². The second kappa shape index (κ2) is 7.59. The molecule has 1 amide bonds. The predicted octanol–water partition coefficient (Wildman–Crippen LogP) is 2.10. The first-order valence-corrected chi connectivity index (χ1v) is 9.67. The molecule has 0 atom stereocenters. The maximum absolute atomic E-state index is 12.7. The van der Waals surface area contributed by atoms with E-state index in [1.54, 1.807) is 28.9 Å². The number of Topliss-reactive ketones (excluding diaryl/α,β-unsaturated/α-hetero) is 2. The number of aliphatic carboxylic acids is 1. The summed E-state index contributed by atoms with van der Waals surface area (Å²) in [6, 6.07) is 3.94. The molecule has 0 aromatic carbocycles. The fourth-order valence-corrected chi connectivity index (χ4v) is 4.35. The lowest BCUT2D eigenvalue weighted by Gasteiger charge is -2.07. The summed E-state index contributed by atoms with van der Waals surface area (Å²) in [5, 5.41) is 9.22. The molecule has 3 aromatic rings. The number of hydrogen-bond acceptors (Lipinski definition) is 6. The largest absolute Gasteiger partial charge is 0.475 e. The van der Waals surface area contributed by atoms with Crippen molar-refractivity contribution in [1.82, 2.24) is 9.38 Å². The highest BCUT2D eigenvalue weighted by molar-refractivity contribution is 7.11. The Morgan fingerprint density at radius 3 is 2.38 bits per heavy atom. The number of aryl methyl sites for hydroxylation is 2. The first kappa shape index (κ1) is 20.4. The SMILES string of the molecule is CCc1c(C(=O)C(N)=O)c2c(C(=O)C(=O)O)nc(C)cn2c1Cc1ccc(C)s1. The molecule has 150 valence electrons. The Bertz CT molecular complexity index is 1190. The molecular formula is C20H19N3O5S. The Hall–Kier alpha value is -3.33. The topological polar surface area (TPSA) is 132 Å². The van der Waals surface area contributed by atoms with Gasteiger partial charge in [0.05, 0.1) is 16.8 Å². The van der Waals surface area contributed by atoms with Crippen LogP contribution in [0, 0.1) is 13.8 Å². The van der Waals surface area contributed by atoms with Crippen molar-refractivity contribution >= 4 is 40.3 Å². The standard InChI is InChI=1S/C20H19N3O5S/c1-4-12-13(7-11-6-5-10(3)29-11)23-8-9(2)22-15(18(25)20(27)28)16(23)14(12)17(24)19(21)26/h5-6,8H,4,7H2,1-3H3,(H2,21,26)(H,27,28). The van der Waals surface area contributed by atoms with E-state index in [1.165, 1.54) is 0 Å². The van der Waals surface area contributed by atoms with Crippen molar-refractivity contribution in [2.24, 2.45) is 5.73 Å². The summed E-state index contributed by atoms with van der Waals surface area (Å²) in [5.41, 5.74) is 6.46. The first-order chi connectivity index (χ1) is 13.6. The van der Waals surface area contributed by atoms with E-state index in [1.807, 2.05) is 26.0 Å². The number of aromatic nitrogens is 2. The monoisotopic (exact) mass is 413 g/mol. The van der Waals surface area contributed by atoms with Crippen molar-refractivity contribution in [2.75, 3.05) is 0 Å². The van der Waals surface area contributed by atoms with E-state index >= 15 is 0 Å². The Morgan fingerprint density at radius 1 is 1.17 bits per heavy atom. The molecule has 0 saturated carbocycles. The minimum Gasteiger partial charge on any atom is -0.475 e. The molecule has 3 heterocycles. The molecule has 3 N–H and O–H groups in total. The van der Waals surface area contributed by atoms with Gasteiger partial charge in [0.2, 0.25) is 0 Å². The molecule has 0 unspecified atom stereocenters. The van der Waals surface area contributed by atoms with E-state index in [9.17, 15) is 24.3 Å². The van der Waals surface area contributed by atoms with E-state index in [0.717, 1.165) is 9.75 Å². The van der Waals surface area contributed by atoms with Gasteiger partial charge < -0.3 is 15.2 Å². The molecule has 0 radical (unpaired) electrons. The van der Waals surface area contributed by atoms with E-state index in [4.69, 9.17) is 5.73 Å². The third kappa shape index (κ3) is 3.56. The second-order valence-corrected chi connectivity index (χ2v) is 7.99. The molecular weight excluding hydrogens is 394 g/mol. The van der Waals surface area contributed by atoms with Gasteiger partial charge in [-0.05, 0) is 38.0 Å². The van der Waals surface area contributed by atoms with Crippen LogP contribution in [-0.4, -0.2) is 37.9 Å². The number of carboxylic acids is 1. The third-order valence-electron chi connectivity index (χ3n) is 4.60. The minimum absolute atomic E-state index is 0.00641. The number of hydrogen-bond donors (Lipinski definition) is 2. The summed E-state index contributed by atoms with van der Waals surface area (Å²) in [6.45, 7) is 5.41. The molecule has 0 saturated heterocycles. The molecule has 0 aliphatic carbocycles. The minimum atomic E-state index is -1.70. The van der Waals surface area contributed by atoms with Crippen LogP contribution in [0.3, 0.4) is 0 Å². The number of rotatable bonds is 7. The third-order valence-corrected chi connectivity index (χ3v) is 5.60. The zero-order valence-electron chi connectivity index (χ0n) is 16.1. The summed E-state index contributed by atoms with van der Waals surface area (Å²) < 4.78 is 1.60. The van der Waals surface area contributed by atoms with Gasteiger partial charge >= 0.3 is 5.97 Å². The van der Waals surface area contributed by atoms with Gasteiger partial charge in [0.25, 0.3) is 17.5 Å². The fraction of sp³-hybridized carbons (Fsp3) is 0.250. The van der Waals surface area contributed by atoms with Gasteiger partial charge in [0.1, 0.15) is 5.69 Å². The van der Waals surface area contributed by atoms with Crippen LogP contribution in [0.2, 0.25) is 0 Å². The van der Waals surface area contributed by atoms with Crippen LogP contribution in [0.1, 0.15) is 54.5 Å². The fourth-order valence-electron chi connectivity index (χ4n) is 3.45. The van der Waals surface area contributed by atoms with Gasteiger partial charge in [0, 0.05) is 28.1 Å². The summed E-state index contributed by atoms with van der Waals surface area (Å²) in [6.07, 6.45) is 2.45. The number of amides is 1. The van der Waals surface area contributed by atoms with Crippen molar-refractivity contribution in [2.45, 2.75) is 33.6 Å². The second-order valence-electron chi connectivity index (χ2n) is 6.62. The van der Waals surface area contributed by atoms with Gasteiger partial charge in [0.15, 0.2) is 0 Å². The molecule has 9 heteroatoms. The molecule has 0 spiro atoms. The summed E-state index contributed by atoms with van der Waals surface area (Å²) >= 11 is 1.59. The maximum atomic E-state index is 12.7. The van der Waals surface area contributed by atoms with E-state index < -0.39 is 23.4 Å². The van der Waals surface area contributed by atoms with Crippen molar-refractivity contribution in [3.8, 4) is 0 Å². The summed E-state index contributed by atoms with van der Waals surface area (Å²) in [7, 11) is 0. The van der Waals surface area contributed by atoms with Gasteiger partial charge in [-0.2, -0.15) is 0 Å². The normalized spacial score (nSPS) is 11.0. The smallest absolute Gasteiger partial charge is 0.379 e. The number of fused-ring (bicyclic) bond motifs is 1. The van der Waals surface area contributed by atoms with Crippen molar-refractivity contribution < 1.29 is 24.3 Å². The predicted molar refractivity (Wildman–Crippen MR) is 107 cm³/mol. The molecule has 0 fully saturated rings. The average Bonchev–Trinajstić information content (AvgIpc) is 3.20. The zero-order chi connectivity index (χ0) is 21.5. The highest BCUT2D eigenvalue weighted by Gasteiger charge is 2.31. The van der Waals surface area contributed by atoms with Crippen LogP contribution in [0.15, 0.2) is 18.3 Å². The lowest BCUT2D eigenvalue weighted by atomic mass is 10.00. The van der Waals surface area contributed by atoms with Crippen molar-refractivity contribution in [3.63, 3.8) is 0 Å². The molecule has 8 nitrogen and oxygen atoms in total. The number of ketones is 2. The number of carbonyl (C=O) groups excluding carboxylic acids is 3. The molecule has 3 aromatic heterocycles. The average molecular weight is 413 g/mol. The Balaban J connectivity index is 2.44. The van der Waals surface area contributed by atoms with Crippen molar-refractivity contribution in [3.05, 3.63) is 56.3 Å². The van der Waals surface area contributed by atoms with Gasteiger partial charge in [-0.25, -0.2) is 9.78 Å². The number of nitrogens with two attached hydrogens (primary N) is 1. The Kier molecular flexibility index (Phi) is 5.34. The quantitative estimate of drug-likeness (QED) is 0.450. The highest BCUT2D eigenvalue weighted by atomic mass is 32.1. The van der Waals surface area contributed by atoms with Crippen molar-refractivity contribution in [1.29, 1.82) is 0 Å². The van der Waals surface area contributed by atoms with Gasteiger partial charge in [-0.1, -0.05) is 6.92 Å². The molecule has 29 heavy (non-hydrogen) atoms. The Labute approximate surface area is 170 Å². The van der Waals surface area contributed by atoms with Crippen LogP contribution < -0.4 is 5.73 Å². The Morgan fingerprint density at radius 2 is 1.86 bits per heavy atom. The molecule has 3 rings (SSSR count). The number of carbonyl (C=O) groups is 4. The first-order valence-electron chi connectivity index (χ1n) is 8.86. The zero-order valence-corrected chi connectivity index (χ0v) is 16.9. The van der Waals surface area contributed by atoms with Crippen LogP contribution in [-0.2, 0) is 22.4 Å². The lowest BCUT2D eigenvalue weighted by Crippen LogP contribution is -2.25. The molecule has 0 aliphatic heterocycles. The van der Waals surface area contributed by atoms with Crippen LogP contribution in [0.5, 0.6) is 0 Å². The lowest BCUT2D eigenvalue weighted by molar-refractivity contribution is -0.131. The summed E-state index contributed by atoms with van der Waals surface area (Å²) in [5.74, 6) is -5.11. The van der Waals surface area contributed by atoms with E-state index in [2.05, 4.69) is 4.98 Å². The summed E-state index contributed by atoms with van der Waals surface area (Å²) in [4.78, 5) is 54.3. The van der Waals surface area contributed by atoms with Crippen LogP contribution in [0.4, 0.5) is 0 Å². The molecule has 0 bridgehead atoms. The maximum Gasteiger partial charge on any atom is 0.379 e. The molecule has 0 aliphatic rings. The number of carboxylic acid groups (broad SMARTS) is 1. The number of primary amides is 1. The van der Waals surface area contributed by atoms with E-state index in [-0.39, 0.29) is 16.8 Å². The highest BCUT2D eigenvalue weighted by Crippen LogP contribution is 2.31. The van der Waals surface area contributed by atoms with Gasteiger partial charge in [-0.3, -0.25) is 14.4 Å². The number of nitrogens with zero attached hydrogens (tertiary/aromatic N) is 2. The van der Waals surface area contributed by atoms with Crippen LogP contribution in [0.25, 0.3) is 5.52 Å². The number of thiophene rings is 1. The van der Waals surface area contributed by atoms with Crippen LogP contribution >= 0.6 is 11.3 Å². The van der Waals surface area contributed by atoms with E-state index in [0.29, 0.717) is 29.8 Å².